The molecule has 0 N–H and O–H groups in total. The lowest BCUT2D eigenvalue weighted by Crippen LogP contribution is -2.38. The lowest BCUT2D eigenvalue weighted by molar-refractivity contribution is -0.166. The van der Waals surface area contributed by atoms with Gasteiger partial charge in [-0.25, -0.2) is 0 Å². The number of esters is 3. The van der Waals surface area contributed by atoms with Crippen LogP contribution in [-0.4, -0.2) is 38.2 Å². The summed E-state index contributed by atoms with van der Waals surface area (Å²) in [7, 11) is 2.38. The van der Waals surface area contributed by atoms with Crippen molar-refractivity contribution in [3.63, 3.8) is 0 Å². The van der Waals surface area contributed by atoms with E-state index in [1.807, 2.05) is 20.8 Å². The lowest BCUT2D eigenvalue weighted by Gasteiger charge is -2.31. The van der Waals surface area contributed by atoms with Gasteiger partial charge in [0.1, 0.15) is 6.10 Å². The Morgan fingerprint density at radius 3 is 1.68 bits per heavy atom. The van der Waals surface area contributed by atoms with Crippen LogP contribution in [0.15, 0.2) is 0 Å². The molecule has 0 radical (unpaired) electrons. The molecule has 0 aromatic rings. The van der Waals surface area contributed by atoms with Crippen molar-refractivity contribution < 1.29 is 28.6 Å². The molecule has 6 heteroatoms. The molecule has 0 bridgehead atoms. The maximum Gasteiger partial charge on any atom is 0.320 e. The number of hydrogen-bond donors (Lipinski definition) is 0. The predicted molar refractivity (Wildman–Crippen MR) is 67.1 cm³/mol. The van der Waals surface area contributed by atoms with Gasteiger partial charge in [0.05, 0.1) is 14.2 Å². The zero-order chi connectivity index (χ0) is 15.2. The summed E-state index contributed by atoms with van der Waals surface area (Å²) in [6.45, 7) is 6.84. The molecule has 1 unspecified atom stereocenters. The van der Waals surface area contributed by atoms with Crippen molar-refractivity contribution in [2.75, 3.05) is 14.2 Å². The summed E-state index contributed by atoms with van der Waals surface area (Å²) in [6, 6.07) is 0. The van der Waals surface area contributed by atoms with E-state index in [1.165, 1.54) is 21.1 Å². The van der Waals surface area contributed by atoms with Crippen molar-refractivity contribution in [2.45, 2.75) is 40.2 Å². The molecule has 0 aromatic heterocycles. The molecule has 0 heterocycles. The highest BCUT2D eigenvalue weighted by molar-refractivity contribution is 5.94. The number of rotatable bonds is 5. The van der Waals surface area contributed by atoms with Gasteiger partial charge in [-0.15, -0.1) is 0 Å². The van der Waals surface area contributed by atoms with E-state index in [0.717, 1.165) is 0 Å². The Balaban J connectivity index is 5.08. The minimum atomic E-state index is -1.10. The minimum Gasteiger partial charge on any atom is -0.468 e. The molecule has 0 saturated heterocycles. The zero-order valence-electron chi connectivity index (χ0n) is 12.3. The fourth-order valence-electron chi connectivity index (χ4n) is 1.57. The molecule has 0 saturated carbocycles. The number of ether oxygens (including phenoxy) is 3. The molecule has 0 aliphatic rings. The molecule has 0 rings (SSSR count). The van der Waals surface area contributed by atoms with E-state index in [0.29, 0.717) is 0 Å². The number of carbonyl (C=O) groups is 3. The van der Waals surface area contributed by atoms with Gasteiger partial charge in [0, 0.05) is 13.3 Å². The third kappa shape index (κ3) is 5.72. The molecule has 0 fully saturated rings. The second-order valence-corrected chi connectivity index (χ2v) is 5.30. The van der Waals surface area contributed by atoms with Gasteiger partial charge in [0.15, 0.2) is 5.92 Å². The van der Waals surface area contributed by atoms with Gasteiger partial charge < -0.3 is 14.2 Å². The van der Waals surface area contributed by atoms with Gasteiger partial charge in [-0.1, -0.05) is 20.8 Å². The number of carbonyl (C=O) groups excluding carboxylic acids is 3. The van der Waals surface area contributed by atoms with Crippen molar-refractivity contribution >= 4 is 17.9 Å². The van der Waals surface area contributed by atoms with Gasteiger partial charge in [0.25, 0.3) is 0 Å². The van der Waals surface area contributed by atoms with Gasteiger partial charge in [-0.3, -0.25) is 14.4 Å². The summed E-state index contributed by atoms with van der Waals surface area (Å²) in [5.41, 5.74) is -0.411. The summed E-state index contributed by atoms with van der Waals surface area (Å²) in [4.78, 5) is 34.3. The highest BCUT2D eigenvalue weighted by Crippen LogP contribution is 2.28. The van der Waals surface area contributed by atoms with Gasteiger partial charge >= 0.3 is 17.9 Å². The molecule has 19 heavy (non-hydrogen) atoms. The van der Waals surface area contributed by atoms with Crippen molar-refractivity contribution in [1.29, 1.82) is 0 Å². The van der Waals surface area contributed by atoms with Crippen LogP contribution in [0.25, 0.3) is 0 Å². The Kier molecular flexibility index (Phi) is 6.52. The SMILES string of the molecule is COC(=O)C(CC(OC(C)=O)C(C)(C)C)C(=O)OC. The molecule has 0 amide bonds. The fourth-order valence-corrected chi connectivity index (χ4v) is 1.57. The molecule has 0 aliphatic carbocycles. The van der Waals surface area contributed by atoms with Crippen LogP contribution in [0, 0.1) is 11.3 Å². The predicted octanol–water partition coefficient (Wildman–Crippen LogP) is 1.32. The first kappa shape index (κ1) is 17.4. The van der Waals surface area contributed by atoms with Crippen molar-refractivity contribution in [1.82, 2.24) is 0 Å². The van der Waals surface area contributed by atoms with Crippen LogP contribution in [0.1, 0.15) is 34.1 Å². The molecule has 6 nitrogen and oxygen atoms in total. The summed E-state index contributed by atoms with van der Waals surface area (Å²) in [6.07, 6.45) is -0.559. The van der Waals surface area contributed by atoms with E-state index in [1.54, 1.807) is 0 Å². The average molecular weight is 274 g/mol. The highest BCUT2D eigenvalue weighted by Gasteiger charge is 2.37. The number of hydrogen-bond acceptors (Lipinski definition) is 6. The largest absolute Gasteiger partial charge is 0.468 e. The third-order valence-corrected chi connectivity index (χ3v) is 2.70. The second kappa shape index (κ2) is 7.11. The molecular formula is C13H22O6. The monoisotopic (exact) mass is 274 g/mol. The van der Waals surface area contributed by atoms with Crippen molar-refractivity contribution in [3.8, 4) is 0 Å². The first-order valence-corrected chi connectivity index (χ1v) is 5.96. The quantitative estimate of drug-likeness (QED) is 0.427. The van der Waals surface area contributed by atoms with Gasteiger partial charge in [-0.05, 0) is 5.41 Å². The molecular weight excluding hydrogens is 252 g/mol. The van der Waals surface area contributed by atoms with E-state index in [4.69, 9.17) is 4.74 Å². The Labute approximate surface area is 113 Å². The third-order valence-electron chi connectivity index (χ3n) is 2.70. The van der Waals surface area contributed by atoms with E-state index < -0.39 is 35.3 Å². The van der Waals surface area contributed by atoms with Crippen LogP contribution in [-0.2, 0) is 28.6 Å². The summed E-state index contributed by atoms with van der Waals surface area (Å²) < 4.78 is 14.3. The minimum absolute atomic E-state index is 0.0302. The molecule has 0 spiro atoms. The normalized spacial score (nSPS) is 12.8. The maximum atomic E-state index is 11.6. The Morgan fingerprint density at radius 2 is 1.42 bits per heavy atom. The standard InChI is InChI=1S/C13H22O6/c1-8(14)19-10(13(2,3)4)7-9(11(15)17-5)12(16)18-6/h9-10H,7H2,1-6H3. The van der Waals surface area contributed by atoms with Gasteiger partial charge in [-0.2, -0.15) is 0 Å². The van der Waals surface area contributed by atoms with Crippen LogP contribution in [0.3, 0.4) is 0 Å². The lowest BCUT2D eigenvalue weighted by atomic mass is 9.83. The molecule has 110 valence electrons. The van der Waals surface area contributed by atoms with E-state index in [-0.39, 0.29) is 6.42 Å². The first-order valence-electron chi connectivity index (χ1n) is 5.96. The molecule has 1 atom stereocenters. The Bertz CT molecular complexity index is 326. The van der Waals surface area contributed by atoms with E-state index >= 15 is 0 Å². The highest BCUT2D eigenvalue weighted by atomic mass is 16.6. The summed E-state index contributed by atoms with van der Waals surface area (Å²) in [5.74, 6) is -2.96. The van der Waals surface area contributed by atoms with Crippen LogP contribution >= 0.6 is 0 Å². The Morgan fingerprint density at radius 1 is 1.00 bits per heavy atom. The maximum absolute atomic E-state index is 11.6. The molecule has 0 aliphatic heterocycles. The van der Waals surface area contributed by atoms with Crippen LogP contribution in [0.4, 0.5) is 0 Å². The van der Waals surface area contributed by atoms with E-state index in [9.17, 15) is 14.4 Å². The van der Waals surface area contributed by atoms with Crippen molar-refractivity contribution in [3.05, 3.63) is 0 Å². The topological polar surface area (TPSA) is 78.9 Å². The first-order chi connectivity index (χ1) is 8.63. The van der Waals surface area contributed by atoms with Crippen molar-refractivity contribution in [2.24, 2.45) is 11.3 Å². The van der Waals surface area contributed by atoms with Crippen LogP contribution < -0.4 is 0 Å². The van der Waals surface area contributed by atoms with Crippen LogP contribution in [0.2, 0.25) is 0 Å². The molecule has 0 aromatic carbocycles. The summed E-state index contributed by atoms with van der Waals surface area (Å²) >= 11 is 0. The van der Waals surface area contributed by atoms with Gasteiger partial charge in [0.2, 0.25) is 0 Å². The van der Waals surface area contributed by atoms with E-state index in [2.05, 4.69) is 9.47 Å². The second-order valence-electron chi connectivity index (χ2n) is 5.30. The fraction of sp³-hybridized carbons (Fsp3) is 0.769. The Hall–Kier alpha value is -1.59. The average Bonchev–Trinajstić information content (AvgIpc) is 2.30. The summed E-state index contributed by atoms with van der Waals surface area (Å²) in [5, 5.41) is 0. The zero-order valence-corrected chi connectivity index (χ0v) is 12.3. The van der Waals surface area contributed by atoms with Crippen LogP contribution in [0.5, 0.6) is 0 Å². The number of methoxy groups -OCH3 is 2. The smallest absolute Gasteiger partial charge is 0.320 e.